The Morgan fingerprint density at radius 3 is 2.76 bits per heavy atom. The molecule has 0 saturated carbocycles. The lowest BCUT2D eigenvalue weighted by Gasteiger charge is -2.02. The number of esters is 1. The summed E-state index contributed by atoms with van der Waals surface area (Å²) in [4.78, 5) is 19.2. The SMILES string of the molecule is CCOC(=O)Cc1ccc2c(-c3ccccc3)c[nH]c2n1. The number of nitrogens with zero attached hydrogens (tertiary/aromatic N) is 1. The molecular weight excluding hydrogens is 264 g/mol. The summed E-state index contributed by atoms with van der Waals surface area (Å²) >= 11 is 0. The summed E-state index contributed by atoms with van der Waals surface area (Å²) in [5.74, 6) is -0.251. The van der Waals surface area contributed by atoms with Gasteiger partial charge >= 0.3 is 5.97 Å². The van der Waals surface area contributed by atoms with Gasteiger partial charge in [-0.05, 0) is 24.6 Å². The fourth-order valence-electron chi connectivity index (χ4n) is 2.36. The molecule has 4 heteroatoms. The number of nitrogens with one attached hydrogen (secondary N) is 1. The summed E-state index contributed by atoms with van der Waals surface area (Å²) in [5.41, 5.74) is 3.75. The monoisotopic (exact) mass is 280 g/mol. The number of benzene rings is 1. The van der Waals surface area contributed by atoms with Gasteiger partial charge in [0.15, 0.2) is 0 Å². The van der Waals surface area contributed by atoms with Crippen molar-refractivity contribution in [2.24, 2.45) is 0 Å². The van der Waals surface area contributed by atoms with Gasteiger partial charge in [-0.3, -0.25) is 4.79 Å². The molecule has 2 aromatic heterocycles. The third-order valence-electron chi connectivity index (χ3n) is 3.31. The predicted molar refractivity (Wildman–Crippen MR) is 81.9 cm³/mol. The van der Waals surface area contributed by atoms with Crippen LogP contribution in [0, 0.1) is 0 Å². The molecule has 0 bridgehead atoms. The molecule has 21 heavy (non-hydrogen) atoms. The van der Waals surface area contributed by atoms with Crippen LogP contribution in [0.4, 0.5) is 0 Å². The first-order valence-corrected chi connectivity index (χ1v) is 6.96. The summed E-state index contributed by atoms with van der Waals surface area (Å²) in [6.07, 6.45) is 2.14. The van der Waals surface area contributed by atoms with E-state index in [9.17, 15) is 4.79 Å². The number of hydrogen-bond acceptors (Lipinski definition) is 3. The number of H-pyrrole nitrogens is 1. The van der Waals surface area contributed by atoms with Crippen molar-refractivity contribution in [2.75, 3.05) is 6.61 Å². The summed E-state index contributed by atoms with van der Waals surface area (Å²) in [7, 11) is 0. The van der Waals surface area contributed by atoms with Crippen molar-refractivity contribution in [3.05, 3.63) is 54.4 Å². The van der Waals surface area contributed by atoms with Crippen LogP contribution in [-0.4, -0.2) is 22.5 Å². The Kier molecular flexibility index (Phi) is 3.69. The van der Waals surface area contributed by atoms with Gasteiger partial charge in [0.25, 0.3) is 0 Å². The Balaban J connectivity index is 1.93. The lowest BCUT2D eigenvalue weighted by molar-refractivity contribution is -0.142. The van der Waals surface area contributed by atoms with Gasteiger partial charge in [-0.15, -0.1) is 0 Å². The van der Waals surface area contributed by atoms with Crippen molar-refractivity contribution in [2.45, 2.75) is 13.3 Å². The molecule has 0 fully saturated rings. The molecule has 3 rings (SSSR count). The number of rotatable bonds is 4. The summed E-state index contributed by atoms with van der Waals surface area (Å²) in [6, 6.07) is 14.0. The fourth-order valence-corrected chi connectivity index (χ4v) is 2.36. The van der Waals surface area contributed by atoms with E-state index in [-0.39, 0.29) is 12.4 Å². The summed E-state index contributed by atoms with van der Waals surface area (Å²) in [5, 5.41) is 1.05. The van der Waals surface area contributed by atoms with Crippen LogP contribution in [0.15, 0.2) is 48.7 Å². The molecule has 0 aliphatic heterocycles. The van der Waals surface area contributed by atoms with Gasteiger partial charge in [0, 0.05) is 17.1 Å². The fraction of sp³-hybridized carbons (Fsp3) is 0.176. The number of carbonyl (C=O) groups excluding carboxylic acids is 1. The molecule has 0 atom stereocenters. The minimum atomic E-state index is -0.251. The van der Waals surface area contributed by atoms with Crippen molar-refractivity contribution in [1.82, 2.24) is 9.97 Å². The molecule has 0 aliphatic rings. The summed E-state index contributed by atoms with van der Waals surface area (Å²) < 4.78 is 4.94. The quantitative estimate of drug-likeness (QED) is 0.746. The zero-order valence-corrected chi connectivity index (χ0v) is 11.8. The van der Waals surface area contributed by atoms with Crippen LogP contribution in [0.5, 0.6) is 0 Å². The third kappa shape index (κ3) is 2.79. The maximum absolute atomic E-state index is 11.5. The van der Waals surface area contributed by atoms with E-state index in [2.05, 4.69) is 22.1 Å². The second-order valence-electron chi connectivity index (χ2n) is 4.75. The van der Waals surface area contributed by atoms with Crippen molar-refractivity contribution in [3.63, 3.8) is 0 Å². The standard InChI is InChI=1S/C17H16N2O2/c1-2-21-16(20)10-13-8-9-14-15(11-18-17(14)19-13)12-6-4-3-5-7-12/h3-9,11H,2,10H2,1H3,(H,18,19). The van der Waals surface area contributed by atoms with Gasteiger partial charge in [-0.2, -0.15) is 0 Å². The molecular formula is C17H16N2O2. The molecule has 2 heterocycles. The molecule has 4 nitrogen and oxygen atoms in total. The predicted octanol–water partition coefficient (Wildman–Crippen LogP) is 3.34. The van der Waals surface area contributed by atoms with E-state index in [1.165, 1.54) is 0 Å². The number of aromatic amines is 1. The molecule has 0 aliphatic carbocycles. The number of fused-ring (bicyclic) bond motifs is 1. The average Bonchev–Trinajstić information content (AvgIpc) is 2.91. The number of carbonyl (C=O) groups is 1. The van der Waals surface area contributed by atoms with Crippen LogP contribution in [-0.2, 0) is 16.0 Å². The van der Waals surface area contributed by atoms with Crippen molar-refractivity contribution in [3.8, 4) is 11.1 Å². The lowest BCUT2D eigenvalue weighted by atomic mass is 10.1. The lowest BCUT2D eigenvalue weighted by Crippen LogP contribution is -2.08. The first kappa shape index (κ1) is 13.4. The first-order chi connectivity index (χ1) is 10.3. The molecule has 0 amide bonds. The number of aromatic nitrogens is 2. The topological polar surface area (TPSA) is 55.0 Å². The Morgan fingerprint density at radius 2 is 2.00 bits per heavy atom. The second-order valence-corrected chi connectivity index (χ2v) is 4.75. The van der Waals surface area contributed by atoms with Crippen LogP contribution in [0.1, 0.15) is 12.6 Å². The molecule has 106 valence electrons. The Labute approximate surface area is 122 Å². The highest BCUT2D eigenvalue weighted by Crippen LogP contribution is 2.27. The van der Waals surface area contributed by atoms with Crippen LogP contribution in [0.2, 0.25) is 0 Å². The van der Waals surface area contributed by atoms with E-state index in [4.69, 9.17) is 4.74 Å². The smallest absolute Gasteiger partial charge is 0.311 e. The minimum Gasteiger partial charge on any atom is -0.466 e. The van der Waals surface area contributed by atoms with E-state index in [0.717, 1.165) is 22.2 Å². The number of pyridine rings is 1. The molecule has 0 radical (unpaired) electrons. The zero-order valence-electron chi connectivity index (χ0n) is 11.8. The second kappa shape index (κ2) is 5.79. The summed E-state index contributed by atoms with van der Waals surface area (Å²) in [6.45, 7) is 2.19. The third-order valence-corrected chi connectivity index (χ3v) is 3.31. The first-order valence-electron chi connectivity index (χ1n) is 6.96. The van der Waals surface area contributed by atoms with Gasteiger partial charge in [0.1, 0.15) is 5.65 Å². The van der Waals surface area contributed by atoms with Crippen LogP contribution < -0.4 is 0 Å². The maximum atomic E-state index is 11.5. The maximum Gasteiger partial charge on any atom is 0.311 e. The van der Waals surface area contributed by atoms with Crippen molar-refractivity contribution < 1.29 is 9.53 Å². The van der Waals surface area contributed by atoms with Gasteiger partial charge in [0.05, 0.1) is 18.7 Å². The largest absolute Gasteiger partial charge is 0.466 e. The Hall–Kier alpha value is -2.62. The normalized spacial score (nSPS) is 10.7. The molecule has 0 saturated heterocycles. The van der Waals surface area contributed by atoms with Crippen LogP contribution >= 0.6 is 0 Å². The van der Waals surface area contributed by atoms with E-state index < -0.39 is 0 Å². The van der Waals surface area contributed by atoms with E-state index in [0.29, 0.717) is 12.3 Å². The highest BCUT2D eigenvalue weighted by atomic mass is 16.5. The molecule has 3 aromatic rings. The number of ether oxygens (including phenoxy) is 1. The Bertz CT molecular complexity index is 763. The number of hydrogen-bond donors (Lipinski definition) is 1. The van der Waals surface area contributed by atoms with Crippen molar-refractivity contribution >= 4 is 17.0 Å². The van der Waals surface area contributed by atoms with Crippen LogP contribution in [0.3, 0.4) is 0 Å². The molecule has 1 aromatic carbocycles. The van der Waals surface area contributed by atoms with Gasteiger partial charge in [-0.1, -0.05) is 30.3 Å². The molecule has 1 N–H and O–H groups in total. The van der Waals surface area contributed by atoms with Gasteiger partial charge < -0.3 is 9.72 Å². The van der Waals surface area contributed by atoms with Crippen molar-refractivity contribution in [1.29, 1.82) is 0 Å². The Morgan fingerprint density at radius 1 is 1.19 bits per heavy atom. The van der Waals surface area contributed by atoms with Gasteiger partial charge in [-0.25, -0.2) is 4.98 Å². The molecule has 0 spiro atoms. The highest BCUT2D eigenvalue weighted by molar-refractivity contribution is 5.93. The zero-order chi connectivity index (χ0) is 14.7. The highest BCUT2D eigenvalue weighted by Gasteiger charge is 2.10. The van der Waals surface area contributed by atoms with Gasteiger partial charge in [0.2, 0.25) is 0 Å². The minimum absolute atomic E-state index is 0.198. The molecule has 0 unspecified atom stereocenters. The average molecular weight is 280 g/mol. The van der Waals surface area contributed by atoms with E-state index >= 15 is 0 Å². The van der Waals surface area contributed by atoms with E-state index in [1.807, 2.05) is 36.5 Å². The van der Waals surface area contributed by atoms with E-state index in [1.54, 1.807) is 6.92 Å². The van der Waals surface area contributed by atoms with Crippen LogP contribution in [0.25, 0.3) is 22.2 Å².